The van der Waals surface area contributed by atoms with Crippen molar-refractivity contribution in [1.82, 2.24) is 10.2 Å². The monoisotopic (exact) mass is 242 g/mol. The smallest absolute Gasteiger partial charge is 0.327 e. The van der Waals surface area contributed by atoms with E-state index in [9.17, 15) is 4.79 Å². The van der Waals surface area contributed by atoms with Crippen LogP contribution in [0.5, 0.6) is 0 Å². The number of esters is 1. The van der Waals surface area contributed by atoms with Gasteiger partial charge in [-0.05, 0) is 46.2 Å². The molecular formula is C13H26N2O2. The highest BCUT2D eigenvalue weighted by atomic mass is 16.5. The van der Waals surface area contributed by atoms with Gasteiger partial charge in [0.2, 0.25) is 0 Å². The molecule has 4 heteroatoms. The molecule has 1 rings (SSSR count). The van der Waals surface area contributed by atoms with Gasteiger partial charge in [0.05, 0.1) is 7.11 Å². The lowest BCUT2D eigenvalue weighted by Gasteiger charge is -2.37. The van der Waals surface area contributed by atoms with Crippen LogP contribution in [0, 0.1) is 5.92 Å². The van der Waals surface area contributed by atoms with E-state index in [0.717, 1.165) is 25.9 Å². The van der Waals surface area contributed by atoms with Gasteiger partial charge in [0, 0.05) is 12.6 Å². The Kier molecular flexibility index (Phi) is 4.95. The minimum absolute atomic E-state index is 0.124. The van der Waals surface area contributed by atoms with Crippen molar-refractivity contribution >= 4 is 5.97 Å². The fourth-order valence-electron chi connectivity index (χ4n) is 2.48. The molecule has 1 fully saturated rings. The van der Waals surface area contributed by atoms with Crippen LogP contribution in [0.3, 0.4) is 0 Å². The van der Waals surface area contributed by atoms with Crippen molar-refractivity contribution in [1.29, 1.82) is 0 Å². The van der Waals surface area contributed by atoms with Crippen LogP contribution in [0.1, 0.15) is 33.6 Å². The van der Waals surface area contributed by atoms with Crippen LogP contribution in [0.4, 0.5) is 0 Å². The highest BCUT2D eigenvalue weighted by Crippen LogP contribution is 2.41. The number of nitrogens with one attached hydrogen (secondary N) is 1. The van der Waals surface area contributed by atoms with Gasteiger partial charge in [-0.1, -0.05) is 6.92 Å². The fraction of sp³-hybridized carbons (Fsp3) is 0.923. The summed E-state index contributed by atoms with van der Waals surface area (Å²) in [7, 11) is 3.34. The number of carbonyl (C=O) groups excluding carboxylic acids is 1. The van der Waals surface area contributed by atoms with E-state index in [0.29, 0.717) is 12.0 Å². The molecule has 1 N–H and O–H groups in total. The predicted octanol–water partition coefficient (Wildman–Crippen LogP) is 1.26. The summed E-state index contributed by atoms with van der Waals surface area (Å²) >= 11 is 0. The number of nitrogens with zero attached hydrogens (tertiary/aromatic N) is 1. The van der Waals surface area contributed by atoms with Crippen molar-refractivity contribution in [3.05, 3.63) is 0 Å². The van der Waals surface area contributed by atoms with E-state index in [1.807, 2.05) is 7.05 Å². The van der Waals surface area contributed by atoms with E-state index < -0.39 is 5.54 Å². The number of rotatable bonds is 7. The Morgan fingerprint density at radius 3 is 2.41 bits per heavy atom. The molecule has 1 aliphatic carbocycles. The molecule has 4 nitrogen and oxygen atoms in total. The normalized spacial score (nSPS) is 19.5. The molecule has 0 bridgehead atoms. The molecule has 0 amide bonds. The van der Waals surface area contributed by atoms with E-state index in [1.54, 1.807) is 0 Å². The third kappa shape index (κ3) is 2.99. The topological polar surface area (TPSA) is 41.6 Å². The molecule has 0 saturated heterocycles. The van der Waals surface area contributed by atoms with Crippen molar-refractivity contribution in [2.24, 2.45) is 5.92 Å². The second kappa shape index (κ2) is 5.83. The van der Waals surface area contributed by atoms with Gasteiger partial charge < -0.3 is 10.1 Å². The summed E-state index contributed by atoms with van der Waals surface area (Å²) in [6.07, 6.45) is 2.23. The first-order chi connectivity index (χ1) is 8.01. The van der Waals surface area contributed by atoms with Gasteiger partial charge in [-0.25, -0.2) is 4.79 Å². The quantitative estimate of drug-likeness (QED) is 0.682. The molecule has 0 aromatic heterocycles. The molecule has 0 aliphatic heterocycles. The molecule has 0 heterocycles. The average molecular weight is 242 g/mol. The molecule has 0 aromatic carbocycles. The summed E-state index contributed by atoms with van der Waals surface area (Å²) < 4.78 is 5.00. The third-order valence-corrected chi connectivity index (χ3v) is 3.86. The van der Waals surface area contributed by atoms with Crippen LogP contribution in [0.25, 0.3) is 0 Å². The fourth-order valence-corrected chi connectivity index (χ4v) is 2.48. The molecule has 0 radical (unpaired) electrons. The van der Waals surface area contributed by atoms with Crippen LogP contribution < -0.4 is 5.32 Å². The van der Waals surface area contributed by atoms with E-state index in [4.69, 9.17) is 4.74 Å². The number of hydrogen-bond acceptors (Lipinski definition) is 4. The summed E-state index contributed by atoms with van der Waals surface area (Å²) in [5.41, 5.74) is -0.519. The number of likely N-dealkylation sites (N-methyl/N-ethyl adjacent to an activating group) is 2. The molecule has 1 aliphatic rings. The maximum Gasteiger partial charge on any atom is 0.327 e. The van der Waals surface area contributed by atoms with E-state index >= 15 is 0 Å². The third-order valence-electron chi connectivity index (χ3n) is 3.86. The number of ether oxygens (including phenoxy) is 1. The highest BCUT2D eigenvalue weighted by molar-refractivity contribution is 5.82. The van der Waals surface area contributed by atoms with E-state index in [2.05, 4.69) is 31.0 Å². The molecule has 0 spiro atoms. The van der Waals surface area contributed by atoms with E-state index in [1.165, 1.54) is 7.11 Å². The Bertz CT molecular complexity index is 264. The summed E-state index contributed by atoms with van der Waals surface area (Å²) in [5.74, 6) is 0.300. The molecule has 1 saturated carbocycles. The maximum atomic E-state index is 12.1. The molecule has 1 unspecified atom stereocenters. The van der Waals surface area contributed by atoms with Gasteiger partial charge in [0.15, 0.2) is 0 Å². The van der Waals surface area contributed by atoms with Crippen LogP contribution >= 0.6 is 0 Å². The Labute approximate surface area is 105 Å². The number of carbonyl (C=O) groups is 1. The zero-order chi connectivity index (χ0) is 13.1. The first-order valence-electron chi connectivity index (χ1n) is 6.53. The van der Waals surface area contributed by atoms with E-state index in [-0.39, 0.29) is 5.97 Å². The van der Waals surface area contributed by atoms with Crippen LogP contribution in [-0.2, 0) is 9.53 Å². The first kappa shape index (κ1) is 14.5. The standard InChI is InChI=1S/C13H26N2O2/c1-6-15(10(2)3)9-13(14-4,11-7-8-11)12(16)17-5/h10-11,14H,6-9H2,1-5H3. The van der Waals surface area contributed by atoms with Crippen molar-refractivity contribution in [3.63, 3.8) is 0 Å². The van der Waals surface area contributed by atoms with Gasteiger partial charge in [-0.2, -0.15) is 0 Å². The lowest BCUT2D eigenvalue weighted by Crippen LogP contribution is -2.60. The van der Waals surface area contributed by atoms with Crippen LogP contribution in [0.2, 0.25) is 0 Å². The van der Waals surface area contributed by atoms with Crippen molar-refractivity contribution in [2.75, 3.05) is 27.2 Å². The molecule has 1 atom stereocenters. The maximum absolute atomic E-state index is 12.1. The van der Waals surface area contributed by atoms with Gasteiger partial charge in [0.1, 0.15) is 5.54 Å². The largest absolute Gasteiger partial charge is 0.468 e. The van der Waals surface area contributed by atoms with Crippen molar-refractivity contribution in [3.8, 4) is 0 Å². The zero-order valence-corrected chi connectivity index (χ0v) is 11.7. The zero-order valence-electron chi connectivity index (χ0n) is 11.7. The predicted molar refractivity (Wildman–Crippen MR) is 68.9 cm³/mol. The number of hydrogen-bond donors (Lipinski definition) is 1. The van der Waals surface area contributed by atoms with Crippen LogP contribution in [-0.4, -0.2) is 49.7 Å². The summed E-state index contributed by atoms with van der Waals surface area (Å²) in [6, 6.07) is 0.441. The second-order valence-electron chi connectivity index (χ2n) is 5.14. The van der Waals surface area contributed by atoms with Crippen molar-refractivity contribution < 1.29 is 9.53 Å². The minimum atomic E-state index is -0.519. The second-order valence-corrected chi connectivity index (χ2v) is 5.14. The number of methoxy groups -OCH3 is 1. The first-order valence-corrected chi connectivity index (χ1v) is 6.53. The summed E-state index contributed by atoms with van der Waals surface area (Å²) in [4.78, 5) is 14.4. The Morgan fingerprint density at radius 1 is 1.53 bits per heavy atom. The van der Waals surface area contributed by atoms with Gasteiger partial charge in [-0.15, -0.1) is 0 Å². The minimum Gasteiger partial charge on any atom is -0.468 e. The highest BCUT2D eigenvalue weighted by Gasteiger charge is 2.51. The summed E-state index contributed by atoms with van der Waals surface area (Å²) in [5, 5.41) is 3.23. The molecule has 17 heavy (non-hydrogen) atoms. The lowest BCUT2D eigenvalue weighted by atomic mass is 9.92. The Morgan fingerprint density at radius 2 is 2.12 bits per heavy atom. The Balaban J connectivity index is 2.85. The lowest BCUT2D eigenvalue weighted by molar-refractivity contribution is -0.150. The molecule has 100 valence electrons. The van der Waals surface area contributed by atoms with Gasteiger partial charge in [-0.3, -0.25) is 4.90 Å². The molecular weight excluding hydrogens is 216 g/mol. The SMILES string of the molecule is CCN(CC(NC)(C(=O)OC)C1CC1)C(C)C. The van der Waals surface area contributed by atoms with Crippen LogP contribution in [0.15, 0.2) is 0 Å². The Hall–Kier alpha value is -0.610. The van der Waals surface area contributed by atoms with Gasteiger partial charge >= 0.3 is 5.97 Å². The van der Waals surface area contributed by atoms with Crippen molar-refractivity contribution in [2.45, 2.75) is 45.2 Å². The van der Waals surface area contributed by atoms with Gasteiger partial charge in [0.25, 0.3) is 0 Å². The summed E-state index contributed by atoms with van der Waals surface area (Å²) in [6.45, 7) is 8.13. The molecule has 0 aromatic rings. The average Bonchev–Trinajstić information content (AvgIpc) is 3.14.